The molecule has 0 radical (unpaired) electrons. The van der Waals surface area contributed by atoms with E-state index in [0.29, 0.717) is 0 Å². The third kappa shape index (κ3) is 5.12. The summed E-state index contributed by atoms with van der Waals surface area (Å²) in [4.78, 5) is 2.41. The molecule has 0 aliphatic heterocycles. The van der Waals surface area contributed by atoms with Gasteiger partial charge in [-0.3, -0.25) is 0 Å². The molecule has 0 fully saturated rings. The number of rotatable bonds is 6. The van der Waals surface area contributed by atoms with Gasteiger partial charge in [0.2, 0.25) is 0 Å². The summed E-state index contributed by atoms with van der Waals surface area (Å²) in [5.74, 6) is 0. The molecule has 0 aliphatic rings. The van der Waals surface area contributed by atoms with Crippen LogP contribution in [0.2, 0.25) is 0 Å². The lowest BCUT2D eigenvalue weighted by Crippen LogP contribution is -2.10. The van der Waals surface area contributed by atoms with Gasteiger partial charge < -0.3 is 9.47 Å². The lowest BCUT2D eigenvalue weighted by Gasteiger charge is -2.27. The number of hydrogen-bond acceptors (Lipinski definition) is 1. The Bertz CT molecular complexity index is 2900. The molecule has 244 valence electrons. The number of hydrogen-bond donors (Lipinski definition) is 0. The number of para-hydroxylation sites is 3. The number of aromatic nitrogens is 1. The van der Waals surface area contributed by atoms with Crippen LogP contribution >= 0.6 is 0 Å². The van der Waals surface area contributed by atoms with Crippen LogP contribution in [0.15, 0.2) is 206 Å². The lowest BCUT2D eigenvalue weighted by atomic mass is 9.96. The van der Waals surface area contributed by atoms with Crippen molar-refractivity contribution in [1.82, 2.24) is 4.57 Å². The molecule has 0 N–H and O–H groups in total. The third-order valence-corrected chi connectivity index (χ3v) is 10.3. The Morgan fingerprint density at radius 3 is 1.69 bits per heavy atom. The predicted molar refractivity (Wildman–Crippen MR) is 221 cm³/mol. The van der Waals surface area contributed by atoms with Gasteiger partial charge >= 0.3 is 0 Å². The summed E-state index contributed by atoms with van der Waals surface area (Å²) in [5, 5.41) is 7.39. The zero-order valence-electron chi connectivity index (χ0n) is 28.5. The Morgan fingerprint density at radius 1 is 0.327 bits per heavy atom. The van der Waals surface area contributed by atoms with E-state index in [1.165, 1.54) is 65.6 Å². The lowest BCUT2D eigenvalue weighted by molar-refractivity contribution is 1.18. The van der Waals surface area contributed by atoms with Gasteiger partial charge in [-0.25, -0.2) is 0 Å². The smallest absolute Gasteiger partial charge is 0.0562 e. The molecule has 9 aromatic carbocycles. The Labute approximate surface area is 303 Å². The molecule has 2 heteroatoms. The number of nitrogens with zero attached hydrogens (tertiary/aromatic N) is 2. The van der Waals surface area contributed by atoms with Crippen LogP contribution in [-0.4, -0.2) is 4.57 Å². The molecule has 10 rings (SSSR count). The van der Waals surface area contributed by atoms with Crippen LogP contribution in [0.5, 0.6) is 0 Å². The second-order valence-electron chi connectivity index (χ2n) is 13.4. The zero-order valence-corrected chi connectivity index (χ0v) is 28.5. The van der Waals surface area contributed by atoms with Crippen LogP contribution in [0.25, 0.3) is 71.3 Å². The summed E-state index contributed by atoms with van der Waals surface area (Å²) >= 11 is 0. The van der Waals surface area contributed by atoms with Gasteiger partial charge in [0.1, 0.15) is 0 Å². The molecule has 0 atom stereocenters. The van der Waals surface area contributed by atoms with Crippen molar-refractivity contribution in [3.8, 4) is 27.9 Å². The van der Waals surface area contributed by atoms with Crippen molar-refractivity contribution in [3.05, 3.63) is 206 Å². The second-order valence-corrected chi connectivity index (χ2v) is 13.4. The van der Waals surface area contributed by atoms with E-state index < -0.39 is 0 Å². The summed E-state index contributed by atoms with van der Waals surface area (Å²) in [6, 6.07) is 74.7. The molecule has 0 bridgehead atoms. The first-order valence-electron chi connectivity index (χ1n) is 17.8. The van der Waals surface area contributed by atoms with Crippen molar-refractivity contribution >= 4 is 60.4 Å². The normalized spacial score (nSPS) is 11.5. The molecule has 0 saturated carbocycles. The fourth-order valence-corrected chi connectivity index (χ4v) is 7.85. The highest BCUT2D eigenvalue weighted by Crippen LogP contribution is 2.44. The van der Waals surface area contributed by atoms with Crippen molar-refractivity contribution in [2.75, 3.05) is 4.90 Å². The molecule has 1 aromatic heterocycles. The highest BCUT2D eigenvalue weighted by atomic mass is 15.1. The van der Waals surface area contributed by atoms with E-state index in [4.69, 9.17) is 0 Å². The van der Waals surface area contributed by atoms with Crippen molar-refractivity contribution in [2.45, 2.75) is 0 Å². The Balaban J connectivity index is 1.12. The molecule has 0 aliphatic carbocycles. The van der Waals surface area contributed by atoms with Gasteiger partial charge in [0.15, 0.2) is 0 Å². The van der Waals surface area contributed by atoms with Gasteiger partial charge in [-0.2, -0.15) is 0 Å². The topological polar surface area (TPSA) is 8.17 Å². The standard InChI is InChI=1S/C50H34N2/c1-3-17-43(18-4-1)51(48-23-12-24-49-50(48)46-21-9-10-22-47(46)52(49)44-19-5-2-6-20-44)45-30-29-36-26-28-41(33-42(36)34-45)39-16-11-15-38(32-39)40-27-25-35-13-7-8-14-37(35)31-40/h1-34H. The maximum Gasteiger partial charge on any atom is 0.0562 e. The molecular weight excluding hydrogens is 629 g/mol. The van der Waals surface area contributed by atoms with Crippen LogP contribution < -0.4 is 4.90 Å². The van der Waals surface area contributed by atoms with E-state index in [1.54, 1.807) is 0 Å². The molecule has 0 amide bonds. The van der Waals surface area contributed by atoms with Crippen molar-refractivity contribution < 1.29 is 0 Å². The predicted octanol–water partition coefficient (Wildman–Crippen LogP) is 13.9. The molecule has 0 unspecified atom stereocenters. The molecule has 1 heterocycles. The average Bonchev–Trinajstić information content (AvgIpc) is 3.56. The Kier molecular flexibility index (Phi) is 7.18. The minimum Gasteiger partial charge on any atom is -0.310 e. The maximum absolute atomic E-state index is 2.41. The van der Waals surface area contributed by atoms with E-state index in [1.807, 2.05) is 0 Å². The summed E-state index contributed by atoms with van der Waals surface area (Å²) in [6.07, 6.45) is 0. The van der Waals surface area contributed by atoms with Gasteiger partial charge in [-0.15, -0.1) is 0 Å². The molecular formula is C50H34N2. The van der Waals surface area contributed by atoms with Crippen molar-refractivity contribution in [1.29, 1.82) is 0 Å². The minimum atomic E-state index is 1.12. The SMILES string of the molecule is c1ccc(N(c2ccc3ccc(-c4cccc(-c5ccc6ccccc6c5)c4)cc3c2)c2cccc3c2c2ccccc2n3-c2ccccc2)cc1. The zero-order chi connectivity index (χ0) is 34.4. The van der Waals surface area contributed by atoms with E-state index >= 15 is 0 Å². The summed E-state index contributed by atoms with van der Waals surface area (Å²) < 4.78 is 2.38. The second kappa shape index (κ2) is 12.5. The third-order valence-electron chi connectivity index (χ3n) is 10.3. The van der Waals surface area contributed by atoms with Crippen LogP contribution in [0.4, 0.5) is 17.1 Å². The molecule has 0 spiro atoms. The Hall–Kier alpha value is -6.90. The van der Waals surface area contributed by atoms with E-state index in [9.17, 15) is 0 Å². The number of fused-ring (bicyclic) bond motifs is 5. The van der Waals surface area contributed by atoms with Gasteiger partial charge in [-0.1, -0.05) is 133 Å². The van der Waals surface area contributed by atoms with Crippen molar-refractivity contribution in [2.24, 2.45) is 0 Å². The van der Waals surface area contributed by atoms with Gasteiger partial charge in [0.25, 0.3) is 0 Å². The fourth-order valence-electron chi connectivity index (χ4n) is 7.85. The van der Waals surface area contributed by atoms with Crippen molar-refractivity contribution in [3.63, 3.8) is 0 Å². The van der Waals surface area contributed by atoms with Crippen LogP contribution in [0.1, 0.15) is 0 Å². The average molecular weight is 663 g/mol. The van der Waals surface area contributed by atoms with E-state index in [0.717, 1.165) is 22.7 Å². The number of anilines is 3. The quantitative estimate of drug-likeness (QED) is 0.172. The number of benzene rings is 9. The van der Waals surface area contributed by atoms with E-state index in [2.05, 4.69) is 216 Å². The molecule has 52 heavy (non-hydrogen) atoms. The highest BCUT2D eigenvalue weighted by Gasteiger charge is 2.21. The molecule has 10 aromatic rings. The van der Waals surface area contributed by atoms with Gasteiger partial charge in [-0.05, 0) is 117 Å². The van der Waals surface area contributed by atoms with Crippen LogP contribution in [0, 0.1) is 0 Å². The minimum absolute atomic E-state index is 1.12. The van der Waals surface area contributed by atoms with Gasteiger partial charge in [0.05, 0.1) is 16.7 Å². The molecule has 0 saturated heterocycles. The van der Waals surface area contributed by atoms with Crippen LogP contribution in [0.3, 0.4) is 0 Å². The van der Waals surface area contributed by atoms with Gasteiger partial charge in [0, 0.05) is 27.8 Å². The fraction of sp³-hybridized carbons (Fsp3) is 0. The highest BCUT2D eigenvalue weighted by molar-refractivity contribution is 6.16. The Morgan fingerprint density at radius 2 is 0.904 bits per heavy atom. The maximum atomic E-state index is 2.41. The van der Waals surface area contributed by atoms with E-state index in [-0.39, 0.29) is 0 Å². The first-order valence-corrected chi connectivity index (χ1v) is 17.8. The summed E-state index contributed by atoms with van der Waals surface area (Å²) in [7, 11) is 0. The summed E-state index contributed by atoms with van der Waals surface area (Å²) in [5.41, 5.74) is 11.8. The molecule has 2 nitrogen and oxygen atoms in total. The first-order chi connectivity index (χ1) is 25.8. The monoisotopic (exact) mass is 662 g/mol. The van der Waals surface area contributed by atoms with Crippen LogP contribution in [-0.2, 0) is 0 Å². The largest absolute Gasteiger partial charge is 0.310 e. The summed E-state index contributed by atoms with van der Waals surface area (Å²) in [6.45, 7) is 0. The first kappa shape index (κ1) is 30.0.